The zero-order valence-corrected chi connectivity index (χ0v) is 18.7. The molecule has 1 atom stereocenters. The van der Waals surface area contributed by atoms with Crippen molar-refractivity contribution in [3.05, 3.63) is 76.5 Å². The van der Waals surface area contributed by atoms with E-state index in [0.717, 1.165) is 4.88 Å². The third-order valence-electron chi connectivity index (χ3n) is 4.69. The van der Waals surface area contributed by atoms with E-state index in [2.05, 4.69) is 4.72 Å². The van der Waals surface area contributed by atoms with Gasteiger partial charge in [-0.15, -0.1) is 11.3 Å². The SMILES string of the molecule is CCOc1ccc(NS(=O)(=O)c2ccc(C(=O)N(C)C(C)c3cccs3)cc2)cc1. The van der Waals surface area contributed by atoms with Crippen molar-refractivity contribution in [2.45, 2.75) is 24.8 Å². The number of rotatable bonds is 8. The van der Waals surface area contributed by atoms with Gasteiger partial charge in [0.05, 0.1) is 17.5 Å². The Bertz CT molecular complexity index is 1080. The van der Waals surface area contributed by atoms with Crippen molar-refractivity contribution in [1.29, 1.82) is 0 Å². The molecule has 0 fully saturated rings. The van der Waals surface area contributed by atoms with Crippen LogP contribution in [0.4, 0.5) is 5.69 Å². The maximum absolute atomic E-state index is 12.8. The molecule has 1 unspecified atom stereocenters. The van der Waals surface area contributed by atoms with Crippen molar-refractivity contribution in [2.24, 2.45) is 0 Å². The summed E-state index contributed by atoms with van der Waals surface area (Å²) in [5, 5.41) is 1.97. The van der Waals surface area contributed by atoms with Gasteiger partial charge in [-0.3, -0.25) is 9.52 Å². The van der Waals surface area contributed by atoms with Crippen LogP contribution in [-0.4, -0.2) is 32.9 Å². The smallest absolute Gasteiger partial charge is 0.261 e. The first-order valence-electron chi connectivity index (χ1n) is 9.48. The average molecular weight is 445 g/mol. The van der Waals surface area contributed by atoms with Crippen molar-refractivity contribution < 1.29 is 17.9 Å². The zero-order valence-electron chi connectivity index (χ0n) is 17.0. The van der Waals surface area contributed by atoms with Gasteiger partial charge in [-0.1, -0.05) is 6.07 Å². The summed E-state index contributed by atoms with van der Waals surface area (Å²) in [6.45, 7) is 4.38. The van der Waals surface area contributed by atoms with Crippen molar-refractivity contribution in [2.75, 3.05) is 18.4 Å². The van der Waals surface area contributed by atoms with Gasteiger partial charge in [0.15, 0.2) is 0 Å². The number of hydrogen-bond acceptors (Lipinski definition) is 5. The molecule has 6 nitrogen and oxygen atoms in total. The highest BCUT2D eigenvalue weighted by Gasteiger charge is 2.21. The Morgan fingerprint density at radius 2 is 1.77 bits per heavy atom. The van der Waals surface area contributed by atoms with Crippen LogP contribution in [0.15, 0.2) is 70.9 Å². The largest absolute Gasteiger partial charge is 0.494 e. The van der Waals surface area contributed by atoms with Crippen LogP contribution < -0.4 is 9.46 Å². The first-order chi connectivity index (χ1) is 14.3. The fourth-order valence-electron chi connectivity index (χ4n) is 2.88. The molecular weight excluding hydrogens is 420 g/mol. The van der Waals surface area contributed by atoms with Gasteiger partial charge in [0.25, 0.3) is 15.9 Å². The highest BCUT2D eigenvalue weighted by atomic mass is 32.2. The molecule has 0 aliphatic rings. The molecule has 0 spiro atoms. The molecule has 8 heteroatoms. The van der Waals surface area contributed by atoms with E-state index < -0.39 is 10.0 Å². The maximum Gasteiger partial charge on any atom is 0.261 e. The summed E-state index contributed by atoms with van der Waals surface area (Å²) in [5.74, 6) is 0.503. The number of benzene rings is 2. The molecule has 0 saturated carbocycles. The number of amides is 1. The summed E-state index contributed by atoms with van der Waals surface area (Å²) in [7, 11) is -2.03. The third kappa shape index (κ3) is 5.01. The number of carbonyl (C=O) groups excluding carboxylic acids is 1. The molecule has 1 aromatic heterocycles. The van der Waals surface area contributed by atoms with E-state index in [4.69, 9.17) is 4.74 Å². The van der Waals surface area contributed by atoms with Crippen molar-refractivity contribution in [1.82, 2.24) is 4.90 Å². The molecule has 3 aromatic rings. The van der Waals surface area contributed by atoms with Crippen LogP contribution >= 0.6 is 11.3 Å². The van der Waals surface area contributed by atoms with Crippen LogP contribution in [0, 0.1) is 0 Å². The molecule has 0 bridgehead atoms. The molecule has 2 aromatic carbocycles. The predicted octanol–water partition coefficient (Wildman–Crippen LogP) is 4.78. The van der Waals surface area contributed by atoms with E-state index in [9.17, 15) is 13.2 Å². The highest BCUT2D eigenvalue weighted by Crippen LogP contribution is 2.25. The van der Waals surface area contributed by atoms with Crippen LogP contribution in [0.25, 0.3) is 0 Å². The Morgan fingerprint density at radius 1 is 1.10 bits per heavy atom. The van der Waals surface area contributed by atoms with E-state index in [1.165, 1.54) is 24.3 Å². The highest BCUT2D eigenvalue weighted by molar-refractivity contribution is 7.92. The molecule has 0 aliphatic carbocycles. The molecule has 0 radical (unpaired) electrons. The van der Waals surface area contributed by atoms with E-state index in [1.54, 1.807) is 47.5 Å². The molecule has 158 valence electrons. The van der Waals surface area contributed by atoms with Gasteiger partial charge in [-0.25, -0.2) is 8.42 Å². The van der Waals surface area contributed by atoms with Crippen molar-refractivity contribution >= 4 is 33.0 Å². The van der Waals surface area contributed by atoms with Crippen LogP contribution in [0.1, 0.15) is 35.1 Å². The standard InChI is InChI=1S/C22H24N2O4S2/c1-4-28-19-11-9-18(10-12-19)23-30(26,27)20-13-7-17(8-14-20)22(25)24(3)16(2)21-6-5-15-29-21/h5-16,23H,4H2,1-3H3. The van der Waals surface area contributed by atoms with Crippen LogP contribution in [0.3, 0.4) is 0 Å². The molecule has 0 saturated heterocycles. The van der Waals surface area contributed by atoms with E-state index >= 15 is 0 Å². The van der Waals surface area contributed by atoms with Gasteiger partial charge in [0.2, 0.25) is 0 Å². The Hall–Kier alpha value is -2.84. The molecule has 30 heavy (non-hydrogen) atoms. The monoisotopic (exact) mass is 444 g/mol. The molecule has 1 heterocycles. The number of sulfonamides is 1. The first kappa shape index (κ1) is 21.9. The van der Waals surface area contributed by atoms with Gasteiger partial charge >= 0.3 is 0 Å². The lowest BCUT2D eigenvalue weighted by Gasteiger charge is -2.24. The van der Waals surface area contributed by atoms with Gasteiger partial charge in [-0.05, 0) is 73.8 Å². The maximum atomic E-state index is 12.8. The number of ether oxygens (including phenoxy) is 1. The summed E-state index contributed by atoms with van der Waals surface area (Å²) in [4.78, 5) is 15.6. The minimum Gasteiger partial charge on any atom is -0.494 e. The summed E-state index contributed by atoms with van der Waals surface area (Å²) in [5.41, 5.74) is 0.865. The van der Waals surface area contributed by atoms with E-state index in [1.807, 2.05) is 31.4 Å². The summed E-state index contributed by atoms with van der Waals surface area (Å²) in [6, 6.07) is 16.5. The number of nitrogens with zero attached hydrogens (tertiary/aromatic N) is 1. The second kappa shape index (κ2) is 9.32. The lowest BCUT2D eigenvalue weighted by atomic mass is 10.1. The quantitative estimate of drug-likeness (QED) is 0.542. The predicted molar refractivity (Wildman–Crippen MR) is 120 cm³/mol. The normalized spacial score (nSPS) is 12.2. The number of anilines is 1. The zero-order chi connectivity index (χ0) is 21.7. The van der Waals surface area contributed by atoms with Gasteiger partial charge < -0.3 is 9.64 Å². The number of nitrogens with one attached hydrogen (secondary N) is 1. The molecule has 1 amide bonds. The van der Waals surface area contributed by atoms with Crippen LogP contribution in [0.2, 0.25) is 0 Å². The number of hydrogen-bond donors (Lipinski definition) is 1. The minimum absolute atomic E-state index is 0.0674. The van der Waals surface area contributed by atoms with E-state index in [0.29, 0.717) is 23.6 Å². The molecule has 0 aliphatic heterocycles. The Morgan fingerprint density at radius 3 is 2.33 bits per heavy atom. The second-order valence-corrected chi connectivity index (χ2v) is 9.36. The Labute approximate surface area is 181 Å². The van der Waals surface area contributed by atoms with Crippen LogP contribution in [-0.2, 0) is 10.0 Å². The third-order valence-corrected chi connectivity index (χ3v) is 7.13. The van der Waals surface area contributed by atoms with Gasteiger partial charge in [0, 0.05) is 23.2 Å². The minimum atomic E-state index is -3.77. The average Bonchev–Trinajstić information content (AvgIpc) is 3.28. The van der Waals surface area contributed by atoms with Crippen molar-refractivity contribution in [3.8, 4) is 5.75 Å². The lowest BCUT2D eigenvalue weighted by molar-refractivity contribution is 0.0745. The summed E-state index contributed by atoms with van der Waals surface area (Å²) < 4.78 is 33.2. The Kier molecular flexibility index (Phi) is 6.79. The van der Waals surface area contributed by atoms with Crippen molar-refractivity contribution in [3.63, 3.8) is 0 Å². The van der Waals surface area contributed by atoms with E-state index in [-0.39, 0.29) is 16.8 Å². The topological polar surface area (TPSA) is 75.7 Å². The van der Waals surface area contributed by atoms with Gasteiger partial charge in [0.1, 0.15) is 5.75 Å². The summed E-state index contributed by atoms with van der Waals surface area (Å²) in [6.07, 6.45) is 0. The number of carbonyl (C=O) groups is 1. The van der Waals surface area contributed by atoms with Gasteiger partial charge in [-0.2, -0.15) is 0 Å². The second-order valence-electron chi connectivity index (χ2n) is 6.69. The molecular formula is C22H24N2O4S2. The Balaban J connectivity index is 1.71. The number of thiophene rings is 1. The summed E-state index contributed by atoms with van der Waals surface area (Å²) >= 11 is 1.59. The lowest BCUT2D eigenvalue weighted by Crippen LogP contribution is -2.29. The fourth-order valence-corrected chi connectivity index (χ4v) is 4.76. The molecule has 3 rings (SSSR count). The fraction of sp³-hybridized carbons (Fsp3) is 0.227. The molecule has 1 N–H and O–H groups in total. The first-order valence-corrected chi connectivity index (χ1v) is 11.8. The van der Waals surface area contributed by atoms with Crippen LogP contribution in [0.5, 0.6) is 5.75 Å².